The molecule has 9 heavy (non-hydrogen) atoms. The Labute approximate surface area is 49.3 Å². The minimum absolute atomic E-state index is 0.125. The fourth-order valence-electron chi connectivity index (χ4n) is 0.447. The maximum atomic E-state index is 10.2. The molecule has 3 N–H and O–H groups in total. The molecular weight excluding hydrogens is 124 g/mol. The van der Waals surface area contributed by atoms with E-state index in [1.54, 1.807) is 0 Å². The fourth-order valence-corrected chi connectivity index (χ4v) is 0.447. The van der Waals surface area contributed by atoms with Crippen LogP contribution >= 0.6 is 0 Å². The molecule has 1 aromatic heterocycles. The van der Waals surface area contributed by atoms with E-state index in [0.717, 1.165) is 6.07 Å². The summed E-state index contributed by atoms with van der Waals surface area (Å²) in [7, 11) is 0. The van der Waals surface area contributed by atoms with Gasteiger partial charge < -0.3 is 5.11 Å². The molecule has 0 atom stereocenters. The molecule has 0 saturated heterocycles. The summed E-state index contributed by atoms with van der Waals surface area (Å²) >= 11 is 0. The van der Waals surface area contributed by atoms with Crippen molar-refractivity contribution in [3.8, 4) is 0 Å². The van der Waals surface area contributed by atoms with Gasteiger partial charge in [-0.05, 0) is 0 Å². The minimum atomic E-state index is -1.15. The third-order valence-corrected chi connectivity index (χ3v) is 0.826. The third-order valence-electron chi connectivity index (χ3n) is 0.826. The molecule has 48 valence electrons. The van der Waals surface area contributed by atoms with E-state index in [0.29, 0.717) is 0 Å². The summed E-state index contributed by atoms with van der Waals surface area (Å²) in [6.07, 6.45) is 0. The lowest BCUT2D eigenvalue weighted by molar-refractivity contribution is 0.0690. The minimum Gasteiger partial charge on any atom is -0.477 e. The van der Waals surface area contributed by atoms with Crippen molar-refractivity contribution in [3.63, 3.8) is 0 Å². The van der Waals surface area contributed by atoms with Gasteiger partial charge in [0.25, 0.3) is 5.56 Å². The Morgan fingerprint density at radius 3 is 2.44 bits per heavy atom. The first-order valence-corrected chi connectivity index (χ1v) is 2.21. The predicted octanol–water partition coefficient (Wildman–Crippen LogP) is -0.599. The zero-order valence-corrected chi connectivity index (χ0v) is 4.34. The molecule has 1 rings (SSSR count). The van der Waals surface area contributed by atoms with Crippen molar-refractivity contribution in [1.29, 1.82) is 0 Å². The highest BCUT2D eigenvalue weighted by Crippen LogP contribution is 1.83. The van der Waals surface area contributed by atoms with Crippen molar-refractivity contribution < 1.29 is 9.90 Å². The summed E-state index contributed by atoms with van der Waals surface area (Å²) in [5.41, 5.74) is -0.563. The average Bonchev–Trinajstić information content (AvgIpc) is 2.14. The van der Waals surface area contributed by atoms with E-state index in [1.807, 2.05) is 0 Å². The Hall–Kier alpha value is -1.52. The Morgan fingerprint density at radius 1 is 1.56 bits per heavy atom. The zero-order valence-electron chi connectivity index (χ0n) is 4.34. The van der Waals surface area contributed by atoms with Crippen LogP contribution in [0.5, 0.6) is 0 Å². The number of H-pyrrole nitrogens is 2. The van der Waals surface area contributed by atoms with Gasteiger partial charge in [0.1, 0.15) is 5.69 Å². The maximum absolute atomic E-state index is 10.2. The van der Waals surface area contributed by atoms with E-state index in [2.05, 4.69) is 10.2 Å². The highest BCUT2D eigenvalue weighted by molar-refractivity contribution is 5.84. The monoisotopic (exact) mass is 128 g/mol. The summed E-state index contributed by atoms with van der Waals surface area (Å²) in [6.45, 7) is 0. The van der Waals surface area contributed by atoms with Gasteiger partial charge in [0.05, 0.1) is 0 Å². The van der Waals surface area contributed by atoms with Crippen LogP contribution in [0.4, 0.5) is 0 Å². The molecule has 5 nitrogen and oxygen atoms in total. The fraction of sp³-hybridized carbons (Fsp3) is 0. The molecule has 0 aliphatic heterocycles. The smallest absolute Gasteiger partial charge is 0.353 e. The number of aromatic nitrogens is 2. The highest BCUT2D eigenvalue weighted by atomic mass is 16.4. The average molecular weight is 128 g/mol. The van der Waals surface area contributed by atoms with Gasteiger partial charge in [0.15, 0.2) is 0 Å². The topological polar surface area (TPSA) is 85.9 Å². The molecular formula is C4H4N2O3. The number of aromatic amines is 2. The summed E-state index contributed by atoms with van der Waals surface area (Å²) in [5.74, 6) is -1.15. The number of carboxylic acids is 1. The quantitative estimate of drug-likeness (QED) is 0.472. The molecule has 0 spiro atoms. The van der Waals surface area contributed by atoms with Crippen molar-refractivity contribution in [2.45, 2.75) is 0 Å². The van der Waals surface area contributed by atoms with Crippen LogP contribution in [0, 0.1) is 0 Å². The van der Waals surface area contributed by atoms with Gasteiger partial charge in [-0.25, -0.2) is 4.79 Å². The van der Waals surface area contributed by atoms with Crippen LogP contribution in [-0.2, 0) is 0 Å². The van der Waals surface area contributed by atoms with Crippen molar-refractivity contribution in [2.75, 3.05) is 0 Å². The van der Waals surface area contributed by atoms with Crippen molar-refractivity contribution in [2.24, 2.45) is 0 Å². The number of nitrogens with one attached hydrogen (secondary N) is 2. The molecule has 0 aliphatic rings. The largest absolute Gasteiger partial charge is 0.477 e. The lowest BCUT2D eigenvalue weighted by atomic mass is 10.4. The second kappa shape index (κ2) is 1.77. The van der Waals surface area contributed by atoms with E-state index in [9.17, 15) is 9.59 Å². The zero-order chi connectivity index (χ0) is 6.85. The standard InChI is InChI=1S/C4H4N2O3/c7-3-1-2(4(8)9)5-6-3/h1H,(H,8,9)(H2,5,6,7). The molecule has 5 heteroatoms. The Kier molecular flexibility index (Phi) is 1.11. The summed E-state index contributed by atoms with van der Waals surface area (Å²) < 4.78 is 0. The summed E-state index contributed by atoms with van der Waals surface area (Å²) in [4.78, 5) is 20.3. The van der Waals surface area contributed by atoms with Gasteiger partial charge in [-0.15, -0.1) is 0 Å². The van der Waals surface area contributed by atoms with Crippen molar-refractivity contribution in [1.82, 2.24) is 10.2 Å². The SMILES string of the molecule is O=C(O)c1cc(=O)[nH][nH]1. The Bertz CT molecular complexity index is 271. The van der Waals surface area contributed by atoms with E-state index < -0.39 is 11.5 Å². The lowest BCUT2D eigenvalue weighted by Gasteiger charge is -1.79. The number of hydrogen-bond donors (Lipinski definition) is 3. The van der Waals surface area contributed by atoms with Gasteiger partial charge in [-0.1, -0.05) is 0 Å². The number of aromatic carboxylic acids is 1. The van der Waals surface area contributed by atoms with E-state index in [1.165, 1.54) is 0 Å². The van der Waals surface area contributed by atoms with E-state index in [-0.39, 0.29) is 5.69 Å². The highest BCUT2D eigenvalue weighted by Gasteiger charge is 2.02. The Morgan fingerprint density at radius 2 is 2.22 bits per heavy atom. The van der Waals surface area contributed by atoms with Gasteiger partial charge in [-0.2, -0.15) is 0 Å². The second-order valence-electron chi connectivity index (χ2n) is 1.48. The Balaban J connectivity index is 3.12. The summed E-state index contributed by atoms with van der Waals surface area (Å²) in [6, 6.07) is 0.975. The first-order chi connectivity index (χ1) is 4.20. The first kappa shape index (κ1) is 5.61. The van der Waals surface area contributed by atoms with Gasteiger partial charge >= 0.3 is 5.97 Å². The van der Waals surface area contributed by atoms with Gasteiger partial charge in [0.2, 0.25) is 0 Å². The molecule has 0 radical (unpaired) electrons. The lowest BCUT2D eigenvalue weighted by Crippen LogP contribution is -1.96. The molecule has 0 aliphatic carbocycles. The second-order valence-corrected chi connectivity index (χ2v) is 1.48. The molecule has 0 fully saturated rings. The van der Waals surface area contributed by atoms with E-state index >= 15 is 0 Å². The molecule has 0 amide bonds. The molecule has 1 aromatic rings. The van der Waals surface area contributed by atoms with Crippen LogP contribution in [0.25, 0.3) is 0 Å². The molecule has 0 saturated carbocycles. The van der Waals surface area contributed by atoms with Crippen LogP contribution in [0.1, 0.15) is 10.5 Å². The molecule has 1 heterocycles. The molecule has 0 bridgehead atoms. The van der Waals surface area contributed by atoms with Crippen LogP contribution in [0.15, 0.2) is 10.9 Å². The van der Waals surface area contributed by atoms with Crippen LogP contribution < -0.4 is 5.56 Å². The molecule has 0 unspecified atom stereocenters. The number of carbonyl (C=O) groups is 1. The van der Waals surface area contributed by atoms with E-state index in [4.69, 9.17) is 5.11 Å². The maximum Gasteiger partial charge on any atom is 0.353 e. The number of hydrogen-bond acceptors (Lipinski definition) is 2. The first-order valence-electron chi connectivity index (χ1n) is 2.21. The third kappa shape index (κ3) is 0.987. The van der Waals surface area contributed by atoms with Crippen LogP contribution in [-0.4, -0.2) is 21.3 Å². The van der Waals surface area contributed by atoms with Crippen molar-refractivity contribution >= 4 is 5.97 Å². The molecule has 0 aromatic carbocycles. The predicted molar refractivity (Wildman–Crippen MR) is 28.4 cm³/mol. The van der Waals surface area contributed by atoms with Gasteiger partial charge in [-0.3, -0.25) is 15.0 Å². The van der Waals surface area contributed by atoms with Crippen molar-refractivity contribution in [3.05, 3.63) is 22.1 Å². The number of rotatable bonds is 1. The number of carboxylic acid groups (broad SMARTS) is 1. The summed E-state index contributed by atoms with van der Waals surface area (Å²) in [5, 5.41) is 12.5. The normalized spacial score (nSPS) is 9.33. The van der Waals surface area contributed by atoms with Crippen LogP contribution in [0.2, 0.25) is 0 Å². The van der Waals surface area contributed by atoms with Crippen LogP contribution in [0.3, 0.4) is 0 Å². The van der Waals surface area contributed by atoms with Gasteiger partial charge in [0, 0.05) is 6.07 Å².